The molecule has 1 aromatic carbocycles. The maximum atomic E-state index is 11.7. The van der Waals surface area contributed by atoms with E-state index in [2.05, 4.69) is 20.2 Å². The van der Waals surface area contributed by atoms with Gasteiger partial charge in [-0.1, -0.05) is 6.92 Å². The maximum absolute atomic E-state index is 11.7. The average molecular weight is 366 g/mol. The fourth-order valence-electron chi connectivity index (χ4n) is 1.98. The van der Waals surface area contributed by atoms with E-state index in [9.17, 15) is 8.42 Å². The molecule has 0 atom stereocenters. The summed E-state index contributed by atoms with van der Waals surface area (Å²) in [5.74, 6) is 2.31. The summed E-state index contributed by atoms with van der Waals surface area (Å²) in [6.07, 6.45) is 0.538. The second-order valence-corrected chi connectivity index (χ2v) is 7.02. The molecule has 1 heterocycles. The van der Waals surface area contributed by atoms with Gasteiger partial charge < -0.3 is 14.8 Å². The number of hydrogen-bond donors (Lipinski definition) is 2. The Labute approximate surface area is 147 Å². The molecule has 25 heavy (non-hydrogen) atoms. The van der Waals surface area contributed by atoms with Crippen LogP contribution >= 0.6 is 0 Å². The molecular weight excluding hydrogens is 344 g/mol. The van der Waals surface area contributed by atoms with Gasteiger partial charge in [0.1, 0.15) is 23.9 Å². The number of sulfonamides is 1. The molecule has 0 amide bonds. The number of nitrogens with zero attached hydrogens (tertiary/aromatic N) is 2. The molecule has 0 fully saturated rings. The van der Waals surface area contributed by atoms with E-state index in [-0.39, 0.29) is 11.6 Å². The fourth-order valence-corrected chi connectivity index (χ4v) is 3.05. The third-order valence-electron chi connectivity index (χ3n) is 3.13. The molecule has 2 N–H and O–H groups in total. The van der Waals surface area contributed by atoms with Crippen LogP contribution in [0.5, 0.6) is 11.5 Å². The normalized spacial score (nSPS) is 11.0. The lowest BCUT2D eigenvalue weighted by Gasteiger charge is -2.09. The van der Waals surface area contributed by atoms with Crippen molar-refractivity contribution < 1.29 is 17.9 Å². The SMILES string of the molecule is CCCS(=O)(=O)Nc1ccc(NCCOc2ccc(OC)cc2)nn1. The Morgan fingerprint density at radius 2 is 1.64 bits per heavy atom. The van der Waals surface area contributed by atoms with Crippen molar-refractivity contribution in [1.29, 1.82) is 0 Å². The van der Waals surface area contributed by atoms with Crippen molar-refractivity contribution in [3.63, 3.8) is 0 Å². The summed E-state index contributed by atoms with van der Waals surface area (Å²) in [5.41, 5.74) is 0. The summed E-state index contributed by atoms with van der Waals surface area (Å²) in [7, 11) is -1.74. The van der Waals surface area contributed by atoms with Crippen LogP contribution in [0.15, 0.2) is 36.4 Å². The van der Waals surface area contributed by atoms with Gasteiger partial charge >= 0.3 is 0 Å². The highest BCUT2D eigenvalue weighted by Crippen LogP contribution is 2.16. The molecule has 0 spiro atoms. The van der Waals surface area contributed by atoms with E-state index in [1.54, 1.807) is 26.2 Å². The molecule has 2 aromatic rings. The summed E-state index contributed by atoms with van der Waals surface area (Å²) in [6.45, 7) is 2.77. The molecule has 8 nitrogen and oxygen atoms in total. The zero-order valence-electron chi connectivity index (χ0n) is 14.2. The van der Waals surface area contributed by atoms with Gasteiger partial charge in [-0.3, -0.25) is 4.72 Å². The van der Waals surface area contributed by atoms with Gasteiger partial charge in [0.25, 0.3) is 0 Å². The first-order chi connectivity index (χ1) is 12.0. The zero-order valence-corrected chi connectivity index (χ0v) is 15.0. The van der Waals surface area contributed by atoms with Crippen LogP contribution in [0.2, 0.25) is 0 Å². The molecule has 0 unspecified atom stereocenters. The minimum Gasteiger partial charge on any atom is -0.497 e. The monoisotopic (exact) mass is 366 g/mol. The van der Waals surface area contributed by atoms with Crippen molar-refractivity contribution in [3.8, 4) is 11.5 Å². The van der Waals surface area contributed by atoms with Gasteiger partial charge in [0, 0.05) is 0 Å². The first-order valence-electron chi connectivity index (χ1n) is 7.87. The molecule has 9 heteroatoms. The van der Waals surface area contributed by atoms with Crippen LogP contribution in [0.1, 0.15) is 13.3 Å². The second-order valence-electron chi connectivity index (χ2n) is 5.18. The summed E-state index contributed by atoms with van der Waals surface area (Å²) >= 11 is 0. The molecule has 136 valence electrons. The minimum absolute atomic E-state index is 0.0530. The zero-order chi connectivity index (χ0) is 18.1. The number of aromatic nitrogens is 2. The van der Waals surface area contributed by atoms with Crippen molar-refractivity contribution in [2.75, 3.05) is 36.1 Å². The van der Waals surface area contributed by atoms with E-state index in [0.29, 0.717) is 25.4 Å². The van der Waals surface area contributed by atoms with E-state index in [1.165, 1.54) is 0 Å². The van der Waals surface area contributed by atoms with Crippen molar-refractivity contribution in [2.24, 2.45) is 0 Å². The number of methoxy groups -OCH3 is 1. The number of benzene rings is 1. The van der Waals surface area contributed by atoms with E-state index in [0.717, 1.165) is 11.5 Å². The Morgan fingerprint density at radius 3 is 2.24 bits per heavy atom. The Morgan fingerprint density at radius 1 is 1.00 bits per heavy atom. The quantitative estimate of drug-likeness (QED) is 0.621. The number of anilines is 2. The molecule has 0 saturated heterocycles. The lowest BCUT2D eigenvalue weighted by Crippen LogP contribution is -2.17. The number of nitrogens with one attached hydrogen (secondary N) is 2. The average Bonchev–Trinajstić information content (AvgIpc) is 2.60. The molecule has 0 bridgehead atoms. The van der Waals surface area contributed by atoms with E-state index < -0.39 is 10.0 Å². The van der Waals surface area contributed by atoms with E-state index in [4.69, 9.17) is 9.47 Å². The van der Waals surface area contributed by atoms with Gasteiger partial charge in [0.05, 0.1) is 19.4 Å². The largest absolute Gasteiger partial charge is 0.497 e. The molecule has 0 aliphatic heterocycles. The highest BCUT2D eigenvalue weighted by atomic mass is 32.2. The topological polar surface area (TPSA) is 102 Å². The van der Waals surface area contributed by atoms with Crippen molar-refractivity contribution in [1.82, 2.24) is 10.2 Å². The third-order valence-corrected chi connectivity index (χ3v) is 4.60. The van der Waals surface area contributed by atoms with Crippen LogP contribution in [0.25, 0.3) is 0 Å². The second kappa shape index (κ2) is 9.07. The van der Waals surface area contributed by atoms with Crippen molar-refractivity contribution in [2.45, 2.75) is 13.3 Å². The standard InChI is InChI=1S/C16H22N4O4S/c1-3-12-25(21,22)20-16-9-8-15(18-19-16)17-10-11-24-14-6-4-13(23-2)5-7-14/h4-9H,3,10-12H2,1-2H3,(H,17,18)(H,19,20). The minimum atomic E-state index is -3.36. The van der Waals surface area contributed by atoms with Crippen LogP contribution in [0, 0.1) is 0 Å². The summed E-state index contributed by atoms with van der Waals surface area (Å²) in [6, 6.07) is 10.5. The smallest absolute Gasteiger partial charge is 0.233 e. The Balaban J connectivity index is 1.75. The maximum Gasteiger partial charge on any atom is 0.233 e. The van der Waals surface area contributed by atoms with Crippen LogP contribution in [-0.4, -0.2) is 44.6 Å². The van der Waals surface area contributed by atoms with Gasteiger partial charge in [-0.2, -0.15) is 0 Å². The molecule has 1 aromatic heterocycles. The summed E-state index contributed by atoms with van der Waals surface area (Å²) in [4.78, 5) is 0. The highest BCUT2D eigenvalue weighted by molar-refractivity contribution is 7.92. The predicted molar refractivity (Wildman–Crippen MR) is 96.7 cm³/mol. The summed E-state index contributed by atoms with van der Waals surface area (Å²) < 4.78 is 36.4. The number of rotatable bonds is 10. The van der Waals surface area contributed by atoms with Crippen LogP contribution in [0.3, 0.4) is 0 Å². The van der Waals surface area contributed by atoms with Crippen LogP contribution in [0.4, 0.5) is 11.6 Å². The molecule has 0 aliphatic rings. The first-order valence-corrected chi connectivity index (χ1v) is 9.52. The number of ether oxygens (including phenoxy) is 2. The number of hydrogen-bond acceptors (Lipinski definition) is 7. The van der Waals surface area contributed by atoms with Gasteiger partial charge in [-0.15, -0.1) is 10.2 Å². The van der Waals surface area contributed by atoms with Gasteiger partial charge in [0.2, 0.25) is 10.0 Å². The Kier molecular flexibility index (Phi) is 6.81. The van der Waals surface area contributed by atoms with Gasteiger partial charge in [0.15, 0.2) is 5.82 Å². The third kappa shape index (κ3) is 6.46. The molecule has 0 aliphatic carbocycles. The summed E-state index contributed by atoms with van der Waals surface area (Å²) in [5, 5.41) is 10.8. The van der Waals surface area contributed by atoms with Crippen molar-refractivity contribution >= 4 is 21.7 Å². The van der Waals surface area contributed by atoms with Crippen LogP contribution in [-0.2, 0) is 10.0 Å². The van der Waals surface area contributed by atoms with Gasteiger partial charge in [-0.05, 0) is 42.8 Å². The molecule has 2 rings (SSSR count). The molecule has 0 saturated carbocycles. The predicted octanol–water partition coefficient (Wildman–Crippen LogP) is 2.13. The van der Waals surface area contributed by atoms with Crippen molar-refractivity contribution in [3.05, 3.63) is 36.4 Å². The Hall–Kier alpha value is -2.55. The Bertz CT molecular complexity index is 749. The molecular formula is C16H22N4O4S. The first kappa shape index (κ1) is 18.8. The fraction of sp³-hybridized carbons (Fsp3) is 0.375. The van der Waals surface area contributed by atoms with E-state index >= 15 is 0 Å². The lowest BCUT2D eigenvalue weighted by atomic mass is 10.3. The van der Waals surface area contributed by atoms with Crippen LogP contribution < -0.4 is 19.5 Å². The lowest BCUT2D eigenvalue weighted by molar-refractivity contribution is 0.331. The molecule has 0 radical (unpaired) electrons. The van der Waals surface area contributed by atoms with Gasteiger partial charge in [-0.25, -0.2) is 8.42 Å². The highest BCUT2D eigenvalue weighted by Gasteiger charge is 2.09. The van der Waals surface area contributed by atoms with E-state index in [1.807, 2.05) is 24.3 Å².